The Kier molecular flexibility index (Phi) is 5.83. The van der Waals surface area contributed by atoms with Gasteiger partial charge in [0.05, 0.1) is 15.6 Å². The molecule has 1 aromatic heterocycles. The Morgan fingerprint density at radius 3 is 2.34 bits per heavy atom. The number of hydrogen-bond acceptors (Lipinski definition) is 4. The highest BCUT2D eigenvalue weighted by molar-refractivity contribution is 7.12. The van der Waals surface area contributed by atoms with E-state index < -0.39 is 0 Å². The highest BCUT2D eigenvalue weighted by atomic mass is 35.5. The fourth-order valence-electron chi connectivity index (χ4n) is 3.36. The number of halogens is 1. The monoisotopic (exact) mass is 425 g/mol. The summed E-state index contributed by atoms with van der Waals surface area (Å²) in [6, 6.07) is 18.5. The van der Waals surface area contributed by atoms with Crippen molar-refractivity contribution in [3.8, 4) is 0 Å². The molecule has 0 atom stereocenters. The Morgan fingerprint density at radius 1 is 0.931 bits per heavy atom. The van der Waals surface area contributed by atoms with Crippen LogP contribution in [0.2, 0.25) is 5.02 Å². The maximum absolute atomic E-state index is 12.6. The van der Waals surface area contributed by atoms with Crippen molar-refractivity contribution in [3.63, 3.8) is 0 Å². The van der Waals surface area contributed by atoms with Crippen LogP contribution in [0.3, 0.4) is 0 Å². The zero-order valence-corrected chi connectivity index (χ0v) is 17.2. The van der Waals surface area contributed by atoms with Crippen LogP contribution in [-0.2, 0) is 0 Å². The lowest BCUT2D eigenvalue weighted by molar-refractivity contribution is 0.0746. The molecule has 2 amide bonds. The molecule has 0 aliphatic carbocycles. The fourth-order valence-corrected chi connectivity index (χ4v) is 4.27. The van der Waals surface area contributed by atoms with Crippen LogP contribution in [0.1, 0.15) is 20.0 Å². The predicted molar refractivity (Wildman–Crippen MR) is 118 cm³/mol. The van der Waals surface area contributed by atoms with Crippen molar-refractivity contribution in [2.75, 3.05) is 36.4 Å². The zero-order valence-electron chi connectivity index (χ0n) is 15.7. The number of benzene rings is 2. The van der Waals surface area contributed by atoms with Gasteiger partial charge in [-0.1, -0.05) is 35.9 Å². The summed E-state index contributed by atoms with van der Waals surface area (Å²) >= 11 is 7.89. The lowest BCUT2D eigenvalue weighted by Gasteiger charge is -2.36. The van der Waals surface area contributed by atoms with E-state index in [9.17, 15) is 9.59 Å². The molecule has 0 unspecified atom stereocenters. The van der Waals surface area contributed by atoms with Gasteiger partial charge in [-0.25, -0.2) is 0 Å². The molecule has 3 aromatic rings. The molecule has 1 saturated heterocycles. The van der Waals surface area contributed by atoms with Gasteiger partial charge >= 0.3 is 0 Å². The van der Waals surface area contributed by atoms with E-state index in [1.807, 2.05) is 58.8 Å². The number of thiophene rings is 1. The van der Waals surface area contributed by atoms with Crippen LogP contribution in [0.15, 0.2) is 66.0 Å². The van der Waals surface area contributed by atoms with Crippen molar-refractivity contribution in [3.05, 3.63) is 81.5 Å². The first-order valence-electron chi connectivity index (χ1n) is 9.35. The van der Waals surface area contributed by atoms with Gasteiger partial charge in [-0.05, 0) is 41.8 Å². The average molecular weight is 426 g/mol. The molecule has 2 heterocycles. The number of rotatable bonds is 4. The van der Waals surface area contributed by atoms with Gasteiger partial charge in [0.15, 0.2) is 0 Å². The summed E-state index contributed by atoms with van der Waals surface area (Å²) in [5.41, 5.74) is 2.28. The van der Waals surface area contributed by atoms with Gasteiger partial charge in [-0.15, -0.1) is 11.3 Å². The molecular formula is C22H20ClN3O2S. The third-order valence-electron chi connectivity index (χ3n) is 4.88. The molecule has 29 heavy (non-hydrogen) atoms. The van der Waals surface area contributed by atoms with Gasteiger partial charge in [0, 0.05) is 37.4 Å². The van der Waals surface area contributed by atoms with E-state index in [1.165, 1.54) is 11.3 Å². The summed E-state index contributed by atoms with van der Waals surface area (Å²) in [6.45, 7) is 2.69. The number of anilines is 2. The highest BCUT2D eigenvalue weighted by Gasteiger charge is 2.23. The quantitative estimate of drug-likeness (QED) is 0.663. The number of carbonyl (C=O) groups is 2. The van der Waals surface area contributed by atoms with Gasteiger partial charge in [-0.2, -0.15) is 0 Å². The van der Waals surface area contributed by atoms with Gasteiger partial charge < -0.3 is 15.1 Å². The van der Waals surface area contributed by atoms with Crippen LogP contribution in [0, 0.1) is 0 Å². The lowest BCUT2D eigenvalue weighted by Crippen LogP contribution is -2.48. The standard InChI is InChI=1S/C22H20ClN3O2S/c23-18-15-17(24-21(27)20-7-4-14-29-20)8-9-19(18)25-10-12-26(13-11-25)22(28)16-5-2-1-3-6-16/h1-9,14-15H,10-13H2,(H,24,27). The first kappa shape index (κ1) is 19.5. The minimum absolute atomic E-state index is 0.0583. The molecule has 148 valence electrons. The molecule has 0 saturated carbocycles. The van der Waals surface area contributed by atoms with Gasteiger partial charge in [0.2, 0.25) is 0 Å². The summed E-state index contributed by atoms with van der Waals surface area (Å²) in [5, 5.41) is 5.32. The van der Waals surface area contributed by atoms with Crippen molar-refractivity contribution in [1.29, 1.82) is 0 Å². The Bertz CT molecular complexity index is 1000. The molecule has 0 bridgehead atoms. The first-order chi connectivity index (χ1) is 14.1. The molecule has 4 rings (SSSR count). The maximum atomic E-state index is 12.6. The van der Waals surface area contributed by atoms with Crippen LogP contribution in [0.4, 0.5) is 11.4 Å². The smallest absolute Gasteiger partial charge is 0.265 e. The fraction of sp³-hybridized carbons (Fsp3) is 0.182. The molecule has 1 aliphatic heterocycles. The second-order valence-electron chi connectivity index (χ2n) is 6.74. The largest absolute Gasteiger partial charge is 0.367 e. The maximum Gasteiger partial charge on any atom is 0.265 e. The summed E-state index contributed by atoms with van der Waals surface area (Å²) in [6.07, 6.45) is 0. The van der Waals surface area contributed by atoms with E-state index in [2.05, 4.69) is 10.2 Å². The zero-order chi connectivity index (χ0) is 20.2. The summed E-state index contributed by atoms with van der Waals surface area (Å²) in [5.74, 6) is -0.0835. The second kappa shape index (κ2) is 8.68. The summed E-state index contributed by atoms with van der Waals surface area (Å²) in [7, 11) is 0. The van der Waals surface area contributed by atoms with Crippen molar-refractivity contribution in [2.45, 2.75) is 0 Å². The molecule has 1 N–H and O–H groups in total. The number of nitrogens with one attached hydrogen (secondary N) is 1. The SMILES string of the molecule is O=C(Nc1ccc(N2CCN(C(=O)c3ccccc3)CC2)c(Cl)c1)c1cccs1. The van der Waals surface area contributed by atoms with Crippen LogP contribution < -0.4 is 10.2 Å². The number of nitrogens with zero attached hydrogens (tertiary/aromatic N) is 2. The van der Waals surface area contributed by atoms with Gasteiger partial charge in [0.1, 0.15) is 0 Å². The molecule has 0 spiro atoms. The molecule has 2 aromatic carbocycles. The van der Waals surface area contributed by atoms with Crippen molar-refractivity contribution in [1.82, 2.24) is 4.90 Å². The minimum Gasteiger partial charge on any atom is -0.367 e. The van der Waals surface area contributed by atoms with Crippen LogP contribution in [0.5, 0.6) is 0 Å². The number of carbonyl (C=O) groups excluding carboxylic acids is 2. The van der Waals surface area contributed by atoms with E-state index in [4.69, 9.17) is 11.6 Å². The molecular weight excluding hydrogens is 406 g/mol. The molecule has 7 heteroatoms. The third-order valence-corrected chi connectivity index (χ3v) is 6.05. The number of hydrogen-bond donors (Lipinski definition) is 1. The van der Waals surface area contributed by atoms with Crippen LogP contribution in [0.25, 0.3) is 0 Å². The van der Waals surface area contributed by atoms with Crippen LogP contribution in [-0.4, -0.2) is 42.9 Å². The van der Waals surface area contributed by atoms with E-state index in [0.717, 1.165) is 5.69 Å². The van der Waals surface area contributed by atoms with Crippen molar-refractivity contribution in [2.24, 2.45) is 0 Å². The minimum atomic E-state index is -0.142. The predicted octanol–water partition coefficient (Wildman–Crippen LogP) is 4.62. The lowest BCUT2D eigenvalue weighted by atomic mass is 10.1. The van der Waals surface area contributed by atoms with E-state index in [1.54, 1.807) is 12.1 Å². The Hall–Kier alpha value is -2.83. The van der Waals surface area contributed by atoms with E-state index >= 15 is 0 Å². The normalized spacial score (nSPS) is 14.0. The first-order valence-corrected chi connectivity index (χ1v) is 10.6. The van der Waals surface area contributed by atoms with Crippen molar-refractivity contribution < 1.29 is 9.59 Å². The number of amides is 2. The van der Waals surface area contributed by atoms with Crippen LogP contribution >= 0.6 is 22.9 Å². The molecule has 1 aliphatic rings. The van der Waals surface area contributed by atoms with Gasteiger partial charge in [-0.3, -0.25) is 9.59 Å². The second-order valence-corrected chi connectivity index (χ2v) is 8.10. The number of piperazine rings is 1. The summed E-state index contributed by atoms with van der Waals surface area (Å²) < 4.78 is 0. The van der Waals surface area contributed by atoms with E-state index in [0.29, 0.717) is 47.3 Å². The highest BCUT2D eigenvalue weighted by Crippen LogP contribution is 2.30. The molecule has 0 radical (unpaired) electrons. The Balaban J connectivity index is 1.38. The Morgan fingerprint density at radius 2 is 1.69 bits per heavy atom. The Labute approximate surface area is 178 Å². The van der Waals surface area contributed by atoms with Crippen molar-refractivity contribution >= 4 is 46.1 Å². The van der Waals surface area contributed by atoms with E-state index in [-0.39, 0.29) is 11.8 Å². The third kappa shape index (κ3) is 4.44. The van der Waals surface area contributed by atoms with Gasteiger partial charge in [0.25, 0.3) is 11.8 Å². The average Bonchev–Trinajstić information content (AvgIpc) is 3.29. The molecule has 1 fully saturated rings. The topological polar surface area (TPSA) is 52.7 Å². The summed E-state index contributed by atoms with van der Waals surface area (Å²) in [4.78, 5) is 29.5. The molecule has 5 nitrogen and oxygen atoms in total.